The molecule has 1 heterocycles. The highest BCUT2D eigenvalue weighted by molar-refractivity contribution is 6.30. The molecule has 0 saturated carbocycles. The Hall–Kier alpha value is -0.640. The van der Waals surface area contributed by atoms with Gasteiger partial charge in [0.1, 0.15) is 5.82 Å². The number of benzene rings is 1. The van der Waals surface area contributed by atoms with Gasteiger partial charge in [-0.05, 0) is 18.9 Å². The van der Waals surface area contributed by atoms with Crippen molar-refractivity contribution >= 4 is 11.6 Å². The van der Waals surface area contributed by atoms with Gasteiger partial charge in [0, 0.05) is 25.2 Å². The van der Waals surface area contributed by atoms with E-state index in [1.807, 2.05) is 0 Å². The number of rotatable bonds is 3. The first-order valence-corrected chi connectivity index (χ1v) is 6.06. The topological polar surface area (TPSA) is 15.3 Å². The van der Waals surface area contributed by atoms with Gasteiger partial charge in [-0.15, -0.1) is 0 Å². The van der Waals surface area contributed by atoms with Crippen molar-refractivity contribution in [2.24, 2.45) is 0 Å². The zero-order chi connectivity index (χ0) is 11.4. The minimum absolute atomic E-state index is 0.193. The number of hydrogen-bond donors (Lipinski definition) is 1. The zero-order valence-electron chi connectivity index (χ0n) is 9.18. The number of nitrogens with zero attached hydrogens (tertiary/aromatic N) is 1. The van der Waals surface area contributed by atoms with Crippen molar-refractivity contribution < 1.29 is 4.39 Å². The molecule has 1 aliphatic rings. The minimum Gasteiger partial charge on any atom is -0.251 e. The van der Waals surface area contributed by atoms with E-state index in [9.17, 15) is 4.39 Å². The van der Waals surface area contributed by atoms with Crippen LogP contribution in [-0.2, 0) is 6.54 Å². The summed E-state index contributed by atoms with van der Waals surface area (Å²) in [6, 6.07) is 5.11. The van der Waals surface area contributed by atoms with Crippen molar-refractivity contribution in [3.05, 3.63) is 34.6 Å². The molecule has 88 valence electrons. The highest BCUT2D eigenvalue weighted by atomic mass is 35.5. The van der Waals surface area contributed by atoms with Crippen LogP contribution in [0.15, 0.2) is 18.2 Å². The molecular weight excluding hydrogens is 227 g/mol. The Morgan fingerprint density at radius 3 is 2.75 bits per heavy atom. The fourth-order valence-electron chi connectivity index (χ4n) is 1.93. The Balaban J connectivity index is 1.91. The predicted molar refractivity (Wildman–Crippen MR) is 63.7 cm³/mol. The monoisotopic (exact) mass is 242 g/mol. The molecule has 4 heteroatoms. The van der Waals surface area contributed by atoms with Crippen LogP contribution in [0.2, 0.25) is 5.02 Å². The third-order valence-corrected chi connectivity index (χ3v) is 3.17. The maximum atomic E-state index is 13.6. The molecule has 0 amide bonds. The SMILES string of the molecule is Fc1c(Cl)cccc1CNN1CCCCC1. The molecule has 1 aromatic rings. The summed E-state index contributed by atoms with van der Waals surface area (Å²) in [5.41, 5.74) is 3.86. The molecule has 1 aliphatic heterocycles. The van der Waals surface area contributed by atoms with Crippen LogP contribution in [0.4, 0.5) is 4.39 Å². The summed E-state index contributed by atoms with van der Waals surface area (Å²) in [4.78, 5) is 0. The highest BCUT2D eigenvalue weighted by Crippen LogP contribution is 2.17. The Morgan fingerprint density at radius 2 is 2.00 bits per heavy atom. The Kier molecular flexibility index (Phi) is 4.16. The van der Waals surface area contributed by atoms with E-state index in [0.717, 1.165) is 13.1 Å². The summed E-state index contributed by atoms with van der Waals surface area (Å²) in [5.74, 6) is -0.311. The van der Waals surface area contributed by atoms with Crippen molar-refractivity contribution in [3.8, 4) is 0 Å². The summed E-state index contributed by atoms with van der Waals surface area (Å²) in [5, 5.41) is 2.35. The molecule has 0 atom stereocenters. The quantitative estimate of drug-likeness (QED) is 0.877. The second kappa shape index (κ2) is 5.62. The zero-order valence-corrected chi connectivity index (χ0v) is 9.93. The van der Waals surface area contributed by atoms with Crippen LogP contribution < -0.4 is 5.43 Å². The lowest BCUT2D eigenvalue weighted by Crippen LogP contribution is -2.41. The van der Waals surface area contributed by atoms with Crippen LogP contribution in [0.3, 0.4) is 0 Å². The van der Waals surface area contributed by atoms with Gasteiger partial charge >= 0.3 is 0 Å². The van der Waals surface area contributed by atoms with Gasteiger partial charge in [0.15, 0.2) is 0 Å². The number of piperidine rings is 1. The number of hydrazine groups is 1. The van der Waals surface area contributed by atoms with E-state index >= 15 is 0 Å². The molecule has 0 bridgehead atoms. The molecule has 0 spiro atoms. The van der Waals surface area contributed by atoms with Gasteiger partial charge in [0.2, 0.25) is 0 Å². The molecule has 0 aliphatic carbocycles. The van der Waals surface area contributed by atoms with Gasteiger partial charge < -0.3 is 0 Å². The highest BCUT2D eigenvalue weighted by Gasteiger charge is 2.11. The van der Waals surface area contributed by atoms with Crippen molar-refractivity contribution in [2.75, 3.05) is 13.1 Å². The standard InChI is InChI=1S/C12H16ClFN2/c13-11-6-4-5-10(12(11)14)9-15-16-7-2-1-3-8-16/h4-6,15H,1-3,7-9H2. The van der Waals surface area contributed by atoms with Gasteiger partial charge in [0.25, 0.3) is 0 Å². The molecule has 1 saturated heterocycles. The third kappa shape index (κ3) is 2.94. The van der Waals surface area contributed by atoms with E-state index in [-0.39, 0.29) is 10.8 Å². The molecule has 0 unspecified atom stereocenters. The number of hydrogen-bond acceptors (Lipinski definition) is 2. The lowest BCUT2D eigenvalue weighted by atomic mass is 10.1. The van der Waals surface area contributed by atoms with E-state index in [1.165, 1.54) is 19.3 Å². The first-order valence-electron chi connectivity index (χ1n) is 5.69. The summed E-state index contributed by atoms with van der Waals surface area (Å²) >= 11 is 5.72. The Bertz CT molecular complexity index is 351. The maximum Gasteiger partial charge on any atom is 0.146 e. The molecule has 1 aromatic carbocycles. The van der Waals surface area contributed by atoms with Crippen molar-refractivity contribution in [3.63, 3.8) is 0 Å². The molecule has 0 radical (unpaired) electrons. The second-order valence-electron chi connectivity index (χ2n) is 4.10. The lowest BCUT2D eigenvalue weighted by Gasteiger charge is -2.27. The second-order valence-corrected chi connectivity index (χ2v) is 4.50. The van der Waals surface area contributed by atoms with E-state index < -0.39 is 0 Å². The van der Waals surface area contributed by atoms with Crippen LogP contribution in [0.5, 0.6) is 0 Å². The van der Waals surface area contributed by atoms with E-state index in [1.54, 1.807) is 18.2 Å². The third-order valence-electron chi connectivity index (χ3n) is 2.88. The molecule has 1 N–H and O–H groups in total. The van der Waals surface area contributed by atoms with E-state index in [4.69, 9.17) is 11.6 Å². The first kappa shape index (κ1) is 11.8. The van der Waals surface area contributed by atoms with Crippen LogP contribution in [0.25, 0.3) is 0 Å². The first-order chi connectivity index (χ1) is 7.77. The van der Waals surface area contributed by atoms with Crippen LogP contribution in [-0.4, -0.2) is 18.1 Å². The van der Waals surface area contributed by atoms with Crippen molar-refractivity contribution in [1.82, 2.24) is 10.4 Å². The molecular formula is C12H16ClFN2. The summed E-state index contributed by atoms with van der Waals surface area (Å²) in [7, 11) is 0. The maximum absolute atomic E-state index is 13.6. The normalized spacial score (nSPS) is 17.6. The number of nitrogens with one attached hydrogen (secondary N) is 1. The molecule has 16 heavy (non-hydrogen) atoms. The predicted octanol–water partition coefficient (Wildman–Crippen LogP) is 2.97. The Labute approximate surface area is 100 Å². The van der Waals surface area contributed by atoms with Gasteiger partial charge in [0.05, 0.1) is 5.02 Å². The average molecular weight is 243 g/mol. The van der Waals surface area contributed by atoms with E-state index in [0.29, 0.717) is 12.1 Å². The molecule has 1 fully saturated rings. The van der Waals surface area contributed by atoms with Crippen LogP contribution in [0.1, 0.15) is 24.8 Å². The van der Waals surface area contributed by atoms with Gasteiger partial charge in [-0.1, -0.05) is 30.2 Å². The van der Waals surface area contributed by atoms with Gasteiger partial charge in [-0.3, -0.25) is 5.43 Å². The summed E-state index contributed by atoms with van der Waals surface area (Å²) in [6.07, 6.45) is 3.72. The van der Waals surface area contributed by atoms with Gasteiger partial charge in [-0.25, -0.2) is 9.40 Å². The number of halogens is 2. The van der Waals surface area contributed by atoms with Crippen LogP contribution in [0, 0.1) is 5.82 Å². The van der Waals surface area contributed by atoms with Crippen LogP contribution >= 0.6 is 11.6 Å². The van der Waals surface area contributed by atoms with Crippen molar-refractivity contribution in [2.45, 2.75) is 25.8 Å². The van der Waals surface area contributed by atoms with E-state index in [2.05, 4.69) is 10.4 Å². The molecule has 2 nitrogen and oxygen atoms in total. The summed E-state index contributed by atoms with van der Waals surface area (Å²) in [6.45, 7) is 2.59. The molecule has 0 aromatic heterocycles. The lowest BCUT2D eigenvalue weighted by molar-refractivity contribution is 0.150. The fraction of sp³-hybridized carbons (Fsp3) is 0.500. The molecule has 2 rings (SSSR count). The minimum atomic E-state index is -0.311. The Morgan fingerprint density at radius 1 is 1.25 bits per heavy atom. The van der Waals surface area contributed by atoms with Crippen molar-refractivity contribution in [1.29, 1.82) is 0 Å². The van der Waals surface area contributed by atoms with Gasteiger partial charge in [-0.2, -0.15) is 0 Å². The summed E-state index contributed by atoms with van der Waals surface area (Å²) < 4.78 is 13.6. The average Bonchev–Trinajstić information content (AvgIpc) is 2.32. The smallest absolute Gasteiger partial charge is 0.146 e. The largest absolute Gasteiger partial charge is 0.251 e. The fourth-order valence-corrected chi connectivity index (χ4v) is 2.13.